The lowest BCUT2D eigenvalue weighted by molar-refractivity contribution is -0.122. The van der Waals surface area contributed by atoms with Gasteiger partial charge in [0.2, 0.25) is 5.91 Å². The van der Waals surface area contributed by atoms with Crippen molar-refractivity contribution in [1.82, 2.24) is 4.90 Å². The first-order valence-corrected chi connectivity index (χ1v) is 7.22. The number of carbonyl (C=O) groups excluding carboxylic acids is 1. The molecular formula is C14H29N3O. The Balaban J connectivity index is 2.15. The summed E-state index contributed by atoms with van der Waals surface area (Å²) in [6.45, 7) is 2.82. The first kappa shape index (κ1) is 15.4. The molecule has 4 heteroatoms. The van der Waals surface area contributed by atoms with Crippen LogP contribution >= 0.6 is 0 Å². The number of hydrogen-bond acceptors (Lipinski definition) is 3. The number of primary amides is 1. The third-order valence-electron chi connectivity index (χ3n) is 4.22. The van der Waals surface area contributed by atoms with E-state index in [9.17, 15) is 4.79 Å². The fourth-order valence-electron chi connectivity index (χ4n) is 2.68. The van der Waals surface area contributed by atoms with Crippen molar-refractivity contribution in [1.29, 1.82) is 0 Å². The molecule has 0 heterocycles. The summed E-state index contributed by atoms with van der Waals surface area (Å²) in [5, 5.41) is 0. The molecule has 106 valence electrons. The monoisotopic (exact) mass is 255 g/mol. The van der Waals surface area contributed by atoms with Crippen LogP contribution < -0.4 is 11.5 Å². The molecule has 1 atom stereocenters. The predicted molar refractivity (Wildman–Crippen MR) is 75.1 cm³/mol. The van der Waals surface area contributed by atoms with E-state index < -0.39 is 11.4 Å². The molecule has 0 aromatic heterocycles. The van der Waals surface area contributed by atoms with Crippen molar-refractivity contribution in [3.63, 3.8) is 0 Å². The van der Waals surface area contributed by atoms with Crippen molar-refractivity contribution in [3.8, 4) is 0 Å². The Morgan fingerprint density at radius 2 is 1.89 bits per heavy atom. The highest BCUT2D eigenvalue weighted by atomic mass is 16.1. The quantitative estimate of drug-likeness (QED) is 0.679. The highest BCUT2D eigenvalue weighted by molar-refractivity contribution is 5.83. The van der Waals surface area contributed by atoms with Crippen LogP contribution in [0.5, 0.6) is 0 Å². The fourth-order valence-corrected chi connectivity index (χ4v) is 2.68. The first-order valence-electron chi connectivity index (χ1n) is 7.22. The Morgan fingerprint density at radius 1 is 1.28 bits per heavy atom. The van der Waals surface area contributed by atoms with Crippen LogP contribution in [0, 0.1) is 0 Å². The maximum atomic E-state index is 11.1. The van der Waals surface area contributed by atoms with Crippen LogP contribution in [0.3, 0.4) is 0 Å². The molecule has 0 aliphatic heterocycles. The summed E-state index contributed by atoms with van der Waals surface area (Å²) >= 11 is 0. The van der Waals surface area contributed by atoms with Gasteiger partial charge in [0, 0.05) is 6.04 Å². The molecule has 0 bridgehead atoms. The summed E-state index contributed by atoms with van der Waals surface area (Å²) in [4.78, 5) is 13.6. The van der Waals surface area contributed by atoms with Crippen LogP contribution in [0.4, 0.5) is 0 Å². The average molecular weight is 255 g/mol. The van der Waals surface area contributed by atoms with Crippen LogP contribution in [0.15, 0.2) is 0 Å². The van der Waals surface area contributed by atoms with Gasteiger partial charge < -0.3 is 16.4 Å². The summed E-state index contributed by atoms with van der Waals surface area (Å²) < 4.78 is 0. The topological polar surface area (TPSA) is 72.3 Å². The fraction of sp³-hybridized carbons (Fsp3) is 0.929. The van der Waals surface area contributed by atoms with E-state index in [-0.39, 0.29) is 0 Å². The van der Waals surface area contributed by atoms with Crippen LogP contribution in [0.1, 0.15) is 58.3 Å². The van der Waals surface area contributed by atoms with Gasteiger partial charge in [-0.2, -0.15) is 0 Å². The Hall–Kier alpha value is -0.610. The molecule has 1 unspecified atom stereocenters. The normalized spacial score (nSPS) is 20.9. The van der Waals surface area contributed by atoms with Crippen molar-refractivity contribution in [2.45, 2.75) is 69.9 Å². The summed E-state index contributed by atoms with van der Waals surface area (Å²) in [5.41, 5.74) is 10.2. The minimum Gasteiger partial charge on any atom is -0.368 e. The number of rotatable bonds is 7. The summed E-state index contributed by atoms with van der Waals surface area (Å²) in [6.07, 6.45) is 9.56. The van der Waals surface area contributed by atoms with Crippen molar-refractivity contribution in [2.24, 2.45) is 11.5 Å². The highest BCUT2D eigenvalue weighted by Gasteiger charge is 2.24. The molecule has 1 aliphatic carbocycles. The number of hydrogen-bond donors (Lipinski definition) is 2. The number of nitrogens with two attached hydrogens (primary N) is 2. The Morgan fingerprint density at radius 3 is 2.44 bits per heavy atom. The largest absolute Gasteiger partial charge is 0.368 e. The molecule has 0 radical (unpaired) electrons. The molecule has 0 spiro atoms. The van der Waals surface area contributed by atoms with Gasteiger partial charge in [0.1, 0.15) is 0 Å². The van der Waals surface area contributed by atoms with Crippen LogP contribution in [0.25, 0.3) is 0 Å². The summed E-state index contributed by atoms with van der Waals surface area (Å²) in [7, 11) is 2.21. The second-order valence-corrected chi connectivity index (χ2v) is 6.01. The van der Waals surface area contributed by atoms with Gasteiger partial charge in [-0.05, 0) is 52.6 Å². The molecule has 18 heavy (non-hydrogen) atoms. The molecule has 1 amide bonds. The number of amides is 1. The van der Waals surface area contributed by atoms with E-state index in [1.807, 2.05) is 0 Å². The van der Waals surface area contributed by atoms with Gasteiger partial charge in [0.15, 0.2) is 0 Å². The van der Waals surface area contributed by atoms with Crippen molar-refractivity contribution in [3.05, 3.63) is 0 Å². The molecule has 1 aliphatic rings. The van der Waals surface area contributed by atoms with Gasteiger partial charge in [-0.15, -0.1) is 0 Å². The molecule has 1 saturated carbocycles. The highest BCUT2D eigenvalue weighted by Crippen LogP contribution is 2.22. The number of carbonyl (C=O) groups is 1. The van der Waals surface area contributed by atoms with E-state index in [2.05, 4.69) is 11.9 Å². The van der Waals surface area contributed by atoms with E-state index >= 15 is 0 Å². The zero-order valence-corrected chi connectivity index (χ0v) is 12.0. The van der Waals surface area contributed by atoms with Crippen LogP contribution in [-0.4, -0.2) is 36.0 Å². The SMILES string of the molecule is CN(CCCCC(C)(N)C(N)=O)C1CCCCC1. The second kappa shape index (κ2) is 7.10. The average Bonchev–Trinajstić information content (AvgIpc) is 2.35. The Labute approximate surface area is 111 Å². The van der Waals surface area contributed by atoms with Gasteiger partial charge in [0.25, 0.3) is 0 Å². The lowest BCUT2D eigenvalue weighted by Crippen LogP contribution is -2.49. The van der Waals surface area contributed by atoms with E-state index in [0.717, 1.165) is 25.4 Å². The summed E-state index contributed by atoms with van der Waals surface area (Å²) in [6, 6.07) is 0.763. The maximum absolute atomic E-state index is 11.1. The van der Waals surface area contributed by atoms with E-state index in [1.165, 1.54) is 32.1 Å². The van der Waals surface area contributed by atoms with Crippen molar-refractivity contribution in [2.75, 3.05) is 13.6 Å². The second-order valence-electron chi connectivity index (χ2n) is 6.01. The molecular weight excluding hydrogens is 226 g/mol. The third-order valence-corrected chi connectivity index (χ3v) is 4.22. The Kier molecular flexibility index (Phi) is 6.09. The number of nitrogens with zero attached hydrogens (tertiary/aromatic N) is 1. The number of unbranched alkanes of at least 4 members (excludes halogenated alkanes) is 1. The molecule has 0 aromatic carbocycles. The summed E-state index contributed by atoms with van der Waals surface area (Å²) in [5.74, 6) is -0.400. The van der Waals surface area contributed by atoms with E-state index in [0.29, 0.717) is 6.42 Å². The molecule has 1 rings (SSSR count). The van der Waals surface area contributed by atoms with E-state index in [1.54, 1.807) is 6.92 Å². The first-order chi connectivity index (χ1) is 8.43. The van der Waals surface area contributed by atoms with E-state index in [4.69, 9.17) is 11.5 Å². The third kappa shape index (κ3) is 4.94. The standard InChI is InChI=1S/C14H29N3O/c1-14(16,13(15)18)10-6-7-11-17(2)12-8-4-3-5-9-12/h12H,3-11,16H2,1-2H3,(H2,15,18). The van der Waals surface area contributed by atoms with Crippen molar-refractivity contribution < 1.29 is 4.79 Å². The van der Waals surface area contributed by atoms with Gasteiger partial charge in [-0.3, -0.25) is 4.79 Å². The molecule has 1 fully saturated rings. The molecule has 4 nitrogen and oxygen atoms in total. The lowest BCUT2D eigenvalue weighted by atomic mass is 9.93. The smallest absolute Gasteiger partial charge is 0.237 e. The molecule has 0 saturated heterocycles. The minimum absolute atomic E-state index is 0.400. The molecule has 0 aromatic rings. The molecule has 4 N–H and O–H groups in total. The Bertz CT molecular complexity index is 260. The lowest BCUT2D eigenvalue weighted by Gasteiger charge is -2.31. The van der Waals surface area contributed by atoms with Crippen LogP contribution in [0.2, 0.25) is 0 Å². The van der Waals surface area contributed by atoms with Crippen molar-refractivity contribution >= 4 is 5.91 Å². The van der Waals surface area contributed by atoms with Gasteiger partial charge in [0.05, 0.1) is 5.54 Å². The van der Waals surface area contributed by atoms with Gasteiger partial charge in [-0.1, -0.05) is 19.3 Å². The zero-order valence-electron chi connectivity index (χ0n) is 12.0. The zero-order chi connectivity index (χ0) is 13.6. The minimum atomic E-state index is -0.844. The predicted octanol–water partition coefficient (Wildman–Crippen LogP) is 1.62. The van der Waals surface area contributed by atoms with Gasteiger partial charge >= 0.3 is 0 Å². The maximum Gasteiger partial charge on any atom is 0.237 e. The van der Waals surface area contributed by atoms with Crippen LogP contribution in [-0.2, 0) is 4.79 Å². The van der Waals surface area contributed by atoms with Gasteiger partial charge in [-0.25, -0.2) is 0 Å².